The SMILES string of the molecule is CCCCCCc1ccc2c(c1)C(C)(C)c1cc3c(cc1N2c1ccc(CCCC)cc1)C(C)(C)c1cc(CCCCCC)ccc1N3c1ccc(CCCC)cc1. The molecule has 0 unspecified atom stereocenters. The number of aryl methyl sites for hydroxylation is 4. The molecule has 2 heteroatoms. The Bertz CT molecular complexity index is 1980. The van der Waals surface area contributed by atoms with E-state index in [2.05, 4.69) is 162 Å². The van der Waals surface area contributed by atoms with Crippen molar-refractivity contribution in [3.05, 3.63) is 142 Å². The molecular weight excluding hydrogens is 701 g/mol. The van der Waals surface area contributed by atoms with Gasteiger partial charge in [0.05, 0.1) is 22.7 Å². The molecule has 0 spiro atoms. The van der Waals surface area contributed by atoms with Crippen LogP contribution < -0.4 is 9.80 Å². The summed E-state index contributed by atoms with van der Waals surface area (Å²) < 4.78 is 0. The molecule has 0 amide bonds. The van der Waals surface area contributed by atoms with Crippen molar-refractivity contribution in [1.82, 2.24) is 0 Å². The Balaban J connectivity index is 1.41. The topological polar surface area (TPSA) is 6.48 Å². The lowest BCUT2D eigenvalue weighted by atomic mass is 9.68. The van der Waals surface area contributed by atoms with Crippen LogP contribution in [0.15, 0.2) is 97.1 Å². The third kappa shape index (κ3) is 8.41. The zero-order valence-corrected chi connectivity index (χ0v) is 37.4. The first-order chi connectivity index (χ1) is 28.1. The van der Waals surface area contributed by atoms with E-state index in [4.69, 9.17) is 0 Å². The average Bonchev–Trinajstić information content (AvgIpc) is 3.23. The molecule has 58 heavy (non-hydrogen) atoms. The van der Waals surface area contributed by atoms with Crippen molar-refractivity contribution in [3.63, 3.8) is 0 Å². The zero-order chi connectivity index (χ0) is 40.9. The quantitative estimate of drug-likeness (QED) is 0.0819. The van der Waals surface area contributed by atoms with E-state index in [1.807, 2.05) is 0 Å². The van der Waals surface area contributed by atoms with Gasteiger partial charge in [0, 0.05) is 22.2 Å². The van der Waals surface area contributed by atoms with Gasteiger partial charge in [-0.1, -0.05) is 155 Å². The van der Waals surface area contributed by atoms with Crippen molar-refractivity contribution in [3.8, 4) is 0 Å². The van der Waals surface area contributed by atoms with Gasteiger partial charge in [-0.3, -0.25) is 0 Å². The second kappa shape index (κ2) is 18.3. The maximum Gasteiger partial charge on any atom is 0.0507 e. The van der Waals surface area contributed by atoms with Gasteiger partial charge in [0.15, 0.2) is 0 Å². The summed E-state index contributed by atoms with van der Waals surface area (Å²) in [6.07, 6.45) is 19.7. The highest BCUT2D eigenvalue weighted by molar-refractivity contribution is 5.93. The fraction of sp³-hybridized carbons (Fsp3) is 0.464. The summed E-state index contributed by atoms with van der Waals surface area (Å²) in [7, 11) is 0. The highest BCUT2D eigenvalue weighted by Crippen LogP contribution is 2.59. The largest absolute Gasteiger partial charge is 0.310 e. The first kappa shape index (κ1) is 41.8. The minimum Gasteiger partial charge on any atom is -0.310 e. The van der Waals surface area contributed by atoms with Crippen LogP contribution in [-0.2, 0) is 36.5 Å². The summed E-state index contributed by atoms with van der Waals surface area (Å²) in [5, 5.41) is 0. The Morgan fingerprint density at radius 2 is 0.655 bits per heavy atom. The Kier molecular flexibility index (Phi) is 13.2. The number of fused-ring (bicyclic) bond motifs is 4. The molecule has 0 saturated heterocycles. The molecule has 0 saturated carbocycles. The highest BCUT2D eigenvalue weighted by atomic mass is 15.2. The van der Waals surface area contributed by atoms with E-state index in [1.54, 1.807) is 0 Å². The molecule has 0 fully saturated rings. The summed E-state index contributed by atoms with van der Waals surface area (Å²) in [6.45, 7) is 19.1. The lowest BCUT2D eigenvalue weighted by molar-refractivity contribution is 0.612. The molecule has 2 heterocycles. The minimum atomic E-state index is -0.195. The highest BCUT2D eigenvalue weighted by Gasteiger charge is 2.43. The van der Waals surface area contributed by atoms with E-state index in [9.17, 15) is 0 Å². The minimum absolute atomic E-state index is 0.195. The van der Waals surface area contributed by atoms with Crippen LogP contribution in [0.2, 0.25) is 0 Å². The van der Waals surface area contributed by atoms with E-state index >= 15 is 0 Å². The molecule has 0 bridgehead atoms. The smallest absolute Gasteiger partial charge is 0.0507 e. The van der Waals surface area contributed by atoms with Crippen molar-refractivity contribution < 1.29 is 0 Å². The van der Waals surface area contributed by atoms with E-state index in [0.717, 1.165) is 25.7 Å². The van der Waals surface area contributed by atoms with E-state index in [1.165, 1.54) is 156 Å². The lowest BCUT2D eigenvalue weighted by Gasteiger charge is -2.47. The third-order valence-electron chi connectivity index (χ3n) is 13.6. The summed E-state index contributed by atoms with van der Waals surface area (Å²) >= 11 is 0. The van der Waals surface area contributed by atoms with Gasteiger partial charge in [0.25, 0.3) is 0 Å². The Morgan fingerprint density at radius 3 is 1.02 bits per heavy atom. The molecule has 0 N–H and O–H groups in total. The van der Waals surface area contributed by atoms with Crippen molar-refractivity contribution in [2.24, 2.45) is 0 Å². The van der Waals surface area contributed by atoms with Gasteiger partial charge in [-0.25, -0.2) is 0 Å². The van der Waals surface area contributed by atoms with Crippen molar-refractivity contribution in [1.29, 1.82) is 0 Å². The van der Waals surface area contributed by atoms with Crippen LogP contribution >= 0.6 is 0 Å². The molecule has 2 nitrogen and oxygen atoms in total. The molecule has 306 valence electrons. The van der Waals surface area contributed by atoms with Gasteiger partial charge in [0.2, 0.25) is 0 Å². The monoisotopic (exact) mass is 773 g/mol. The summed E-state index contributed by atoms with van der Waals surface area (Å²) in [5.41, 5.74) is 18.8. The van der Waals surface area contributed by atoms with Gasteiger partial charge < -0.3 is 9.80 Å². The van der Waals surface area contributed by atoms with Crippen LogP contribution in [0.5, 0.6) is 0 Å². The summed E-state index contributed by atoms with van der Waals surface area (Å²) in [6, 6.07) is 39.0. The van der Waals surface area contributed by atoms with E-state index in [-0.39, 0.29) is 10.8 Å². The predicted octanol–water partition coefficient (Wildman–Crippen LogP) is 16.8. The molecule has 2 aliphatic rings. The Morgan fingerprint density at radius 1 is 0.328 bits per heavy atom. The Hall–Kier alpha value is -4.30. The molecule has 5 aromatic carbocycles. The first-order valence-electron chi connectivity index (χ1n) is 23.4. The number of hydrogen-bond donors (Lipinski definition) is 0. The van der Waals surface area contributed by atoms with Gasteiger partial charge in [-0.05, 0) is 144 Å². The number of nitrogens with zero attached hydrogens (tertiary/aromatic N) is 2. The number of rotatable bonds is 18. The van der Waals surface area contributed by atoms with Crippen LogP contribution in [0.1, 0.15) is 177 Å². The van der Waals surface area contributed by atoms with Gasteiger partial charge in [-0.15, -0.1) is 0 Å². The van der Waals surface area contributed by atoms with Crippen LogP contribution in [0.3, 0.4) is 0 Å². The van der Waals surface area contributed by atoms with E-state index < -0.39 is 0 Å². The van der Waals surface area contributed by atoms with Crippen molar-refractivity contribution in [2.45, 2.75) is 169 Å². The van der Waals surface area contributed by atoms with Crippen molar-refractivity contribution in [2.75, 3.05) is 9.80 Å². The normalized spacial score (nSPS) is 14.8. The fourth-order valence-corrected chi connectivity index (χ4v) is 9.82. The summed E-state index contributed by atoms with van der Waals surface area (Å²) in [5.74, 6) is 0. The maximum atomic E-state index is 2.60. The predicted molar refractivity (Wildman–Crippen MR) is 253 cm³/mol. The maximum absolute atomic E-state index is 2.60. The Labute approximate surface area is 353 Å². The van der Waals surface area contributed by atoms with Crippen molar-refractivity contribution >= 4 is 34.1 Å². The molecule has 7 rings (SSSR count). The standard InChI is InChI=1S/C56H72N2/c1-9-13-17-19-23-43-29-35-51-47(37-43)55(5,6)49-39-54-50(40-53(49)57(51)45-31-25-41(26-32-45)21-15-11-3)56(7,8)48-38-44(24-20-18-14-10-2)30-36-52(48)58(54)46-33-27-42(28-34-46)22-16-12-4/h25-40H,9-24H2,1-8H3. The van der Waals surface area contributed by atoms with Crippen LogP contribution in [0.25, 0.3) is 0 Å². The third-order valence-corrected chi connectivity index (χ3v) is 13.6. The molecule has 2 aliphatic heterocycles. The lowest BCUT2D eigenvalue weighted by Crippen LogP contribution is -2.35. The number of benzene rings is 5. The second-order valence-corrected chi connectivity index (χ2v) is 18.7. The average molecular weight is 773 g/mol. The molecule has 0 aromatic heterocycles. The molecule has 0 aliphatic carbocycles. The summed E-state index contributed by atoms with van der Waals surface area (Å²) in [4.78, 5) is 5.20. The van der Waals surface area contributed by atoms with Gasteiger partial charge in [-0.2, -0.15) is 0 Å². The van der Waals surface area contributed by atoms with Gasteiger partial charge >= 0.3 is 0 Å². The molecule has 5 aromatic rings. The fourth-order valence-electron chi connectivity index (χ4n) is 9.82. The molecule has 0 radical (unpaired) electrons. The van der Waals surface area contributed by atoms with Crippen LogP contribution in [0.4, 0.5) is 34.1 Å². The van der Waals surface area contributed by atoms with Crippen LogP contribution in [0, 0.1) is 0 Å². The number of anilines is 6. The van der Waals surface area contributed by atoms with E-state index in [0.29, 0.717) is 0 Å². The zero-order valence-electron chi connectivity index (χ0n) is 37.4. The first-order valence-corrected chi connectivity index (χ1v) is 23.4. The molecular formula is C56H72N2. The number of hydrogen-bond acceptors (Lipinski definition) is 2. The number of unbranched alkanes of at least 4 members (excludes halogenated alkanes) is 8. The second-order valence-electron chi connectivity index (χ2n) is 18.7. The van der Waals surface area contributed by atoms with Gasteiger partial charge in [0.1, 0.15) is 0 Å². The van der Waals surface area contributed by atoms with Crippen LogP contribution in [-0.4, -0.2) is 0 Å². The molecule has 0 atom stereocenters.